The Morgan fingerprint density at radius 3 is 2.04 bits per heavy atom. The van der Waals surface area contributed by atoms with Gasteiger partial charge in [-0.3, -0.25) is 0 Å². The van der Waals surface area contributed by atoms with E-state index in [1.165, 1.54) is 76.6 Å². The molecule has 8 rings (SSSR count). The molecule has 3 aliphatic carbocycles. The minimum absolute atomic E-state index is 0.0269. The van der Waals surface area contributed by atoms with Crippen molar-refractivity contribution in [1.82, 2.24) is 5.53 Å². The molecule has 1 fully saturated rings. The van der Waals surface area contributed by atoms with Gasteiger partial charge in [0.05, 0.1) is 17.1 Å². The highest BCUT2D eigenvalue weighted by atomic mass is 15.7. The molecular formula is C50H49N3. The molecule has 0 spiro atoms. The smallest absolute Gasteiger partial charge is 0.0664 e. The number of hydrogen-bond acceptors (Lipinski definition) is 3. The summed E-state index contributed by atoms with van der Waals surface area (Å²) < 4.78 is 0. The van der Waals surface area contributed by atoms with E-state index in [4.69, 9.17) is 5.10 Å². The zero-order valence-electron chi connectivity index (χ0n) is 30.9. The molecule has 3 nitrogen and oxygen atoms in total. The number of anilines is 1. The van der Waals surface area contributed by atoms with Crippen molar-refractivity contribution >= 4 is 17.0 Å². The van der Waals surface area contributed by atoms with E-state index in [1.807, 2.05) is 5.01 Å². The lowest BCUT2D eigenvalue weighted by Gasteiger charge is -2.39. The summed E-state index contributed by atoms with van der Waals surface area (Å²) >= 11 is 0. The molecule has 5 aromatic rings. The number of fused-ring (bicyclic) bond motifs is 1. The molecule has 5 aromatic carbocycles. The second-order valence-corrected chi connectivity index (χ2v) is 14.7. The summed E-state index contributed by atoms with van der Waals surface area (Å²) in [5, 5.41) is 6.93. The zero-order valence-corrected chi connectivity index (χ0v) is 30.9. The summed E-state index contributed by atoms with van der Waals surface area (Å²) in [6.07, 6.45) is 19.5. The van der Waals surface area contributed by atoms with Crippen LogP contribution in [-0.4, -0.2) is 5.71 Å². The molecule has 3 heteroatoms. The van der Waals surface area contributed by atoms with E-state index in [0.717, 1.165) is 53.9 Å². The number of benzene rings is 5. The molecule has 0 heterocycles. The molecule has 1 saturated carbocycles. The Morgan fingerprint density at radius 2 is 1.32 bits per heavy atom. The molecule has 0 unspecified atom stereocenters. The normalized spacial score (nSPS) is 16.6. The van der Waals surface area contributed by atoms with Gasteiger partial charge in [-0.1, -0.05) is 165 Å². The van der Waals surface area contributed by atoms with Gasteiger partial charge in [0.1, 0.15) is 0 Å². The van der Waals surface area contributed by atoms with Gasteiger partial charge in [-0.25, -0.2) is 10.5 Å². The summed E-state index contributed by atoms with van der Waals surface area (Å²) in [7, 11) is 0. The molecule has 1 N–H and O–H groups in total. The fourth-order valence-electron chi connectivity index (χ4n) is 8.51. The molecule has 0 aliphatic heterocycles. The molecule has 0 radical (unpaired) electrons. The van der Waals surface area contributed by atoms with E-state index < -0.39 is 0 Å². The van der Waals surface area contributed by atoms with Gasteiger partial charge in [0.15, 0.2) is 0 Å². The van der Waals surface area contributed by atoms with E-state index in [1.54, 1.807) is 0 Å². The maximum Gasteiger partial charge on any atom is 0.0664 e. The summed E-state index contributed by atoms with van der Waals surface area (Å²) in [5.41, 5.74) is 19.2. The average molecular weight is 692 g/mol. The molecule has 0 amide bonds. The highest BCUT2D eigenvalue weighted by molar-refractivity contribution is 5.98. The Morgan fingerprint density at radius 1 is 0.660 bits per heavy atom. The molecule has 0 aromatic heterocycles. The van der Waals surface area contributed by atoms with E-state index in [-0.39, 0.29) is 5.41 Å². The second kappa shape index (κ2) is 15.5. The first kappa shape index (κ1) is 34.4. The van der Waals surface area contributed by atoms with Gasteiger partial charge in [0.2, 0.25) is 0 Å². The highest BCUT2D eigenvalue weighted by Gasteiger charge is 2.35. The Balaban J connectivity index is 1.04. The van der Waals surface area contributed by atoms with Crippen molar-refractivity contribution in [3.8, 4) is 11.1 Å². The van der Waals surface area contributed by atoms with E-state index in [0.29, 0.717) is 0 Å². The summed E-state index contributed by atoms with van der Waals surface area (Å²) in [6.45, 7) is 6.58. The maximum absolute atomic E-state index is 4.93. The van der Waals surface area contributed by atoms with Crippen LogP contribution in [-0.2, 0) is 11.8 Å². The lowest BCUT2D eigenvalue weighted by atomic mass is 9.65. The van der Waals surface area contributed by atoms with Crippen molar-refractivity contribution in [3.05, 3.63) is 203 Å². The fourth-order valence-corrected chi connectivity index (χ4v) is 8.51. The van der Waals surface area contributed by atoms with E-state index in [2.05, 4.69) is 171 Å². The number of aryl methyl sites for hydroxylation is 1. The highest BCUT2D eigenvalue weighted by Crippen LogP contribution is 2.45. The van der Waals surface area contributed by atoms with E-state index in [9.17, 15) is 0 Å². The van der Waals surface area contributed by atoms with E-state index >= 15 is 0 Å². The van der Waals surface area contributed by atoms with Crippen molar-refractivity contribution in [3.63, 3.8) is 0 Å². The largest absolute Gasteiger partial charge is 0.240 e. The molecular weight excluding hydrogens is 643 g/mol. The molecule has 0 saturated heterocycles. The first-order valence-electron chi connectivity index (χ1n) is 19.4. The van der Waals surface area contributed by atoms with Gasteiger partial charge in [-0.05, 0) is 113 Å². The summed E-state index contributed by atoms with van der Waals surface area (Å²) in [4.78, 5) is 0. The lowest BCUT2D eigenvalue weighted by molar-refractivity contribution is 0.346. The third-order valence-corrected chi connectivity index (χ3v) is 11.5. The number of nitrogens with one attached hydrogen (secondary N) is 1. The third kappa shape index (κ3) is 7.22. The van der Waals surface area contributed by atoms with Crippen LogP contribution in [0, 0.1) is 0 Å². The van der Waals surface area contributed by atoms with Crippen molar-refractivity contribution in [2.24, 2.45) is 5.10 Å². The first-order valence-corrected chi connectivity index (χ1v) is 19.4. The van der Waals surface area contributed by atoms with Crippen molar-refractivity contribution in [2.75, 3.05) is 5.01 Å². The summed E-state index contributed by atoms with van der Waals surface area (Å²) in [6, 6.07) is 46.7. The van der Waals surface area contributed by atoms with Crippen LogP contribution in [0.3, 0.4) is 0 Å². The molecule has 0 atom stereocenters. The van der Waals surface area contributed by atoms with Crippen molar-refractivity contribution in [1.29, 1.82) is 0 Å². The summed E-state index contributed by atoms with van der Waals surface area (Å²) in [5.74, 6) is 0. The Kier molecular flexibility index (Phi) is 10.1. The van der Waals surface area contributed by atoms with Crippen LogP contribution < -0.4 is 10.5 Å². The van der Waals surface area contributed by atoms with Gasteiger partial charge in [0, 0.05) is 5.41 Å². The van der Waals surface area contributed by atoms with Crippen LogP contribution in [0.5, 0.6) is 0 Å². The number of hydrazone groups is 1. The number of allylic oxidation sites excluding steroid dienone is 4. The minimum atomic E-state index is 0.0269. The zero-order chi connectivity index (χ0) is 36.0. The monoisotopic (exact) mass is 691 g/mol. The Labute approximate surface area is 315 Å². The van der Waals surface area contributed by atoms with Crippen molar-refractivity contribution in [2.45, 2.75) is 70.1 Å². The number of hydrogen-bond donors (Lipinski definition) is 1. The molecule has 0 bridgehead atoms. The lowest BCUT2D eigenvalue weighted by Crippen LogP contribution is -2.34. The number of hydrazine groups is 1. The third-order valence-electron chi connectivity index (χ3n) is 11.5. The SMILES string of the molecule is C=C(C1=CCCC=C1)N(N/N=C(\C)c1ccc(C2(c3ccc(C4=CCCc5ccccc54)cc3)CCCCC2)cc1)c1ccc(-c2ccccc2)cc1. The fraction of sp³-hybridized carbons (Fsp3) is 0.220. The quantitative estimate of drug-likeness (QED) is 0.117. The van der Waals surface area contributed by atoms with Crippen LogP contribution in [0.15, 0.2) is 175 Å². The Hall–Kier alpha value is -5.67. The predicted octanol–water partition coefficient (Wildman–Crippen LogP) is 12.5. The van der Waals surface area contributed by atoms with Gasteiger partial charge in [-0.2, -0.15) is 5.10 Å². The van der Waals surface area contributed by atoms with Gasteiger partial charge < -0.3 is 0 Å². The van der Waals surface area contributed by atoms with Crippen molar-refractivity contribution < 1.29 is 0 Å². The van der Waals surface area contributed by atoms with Gasteiger partial charge >= 0.3 is 0 Å². The number of rotatable bonds is 10. The van der Waals surface area contributed by atoms with Crippen LogP contribution >= 0.6 is 0 Å². The predicted molar refractivity (Wildman–Crippen MR) is 224 cm³/mol. The first-order chi connectivity index (χ1) is 26.1. The number of nitrogens with zero attached hydrogens (tertiary/aromatic N) is 2. The topological polar surface area (TPSA) is 27.6 Å². The molecule has 3 aliphatic rings. The maximum atomic E-state index is 4.93. The average Bonchev–Trinajstić information content (AvgIpc) is 3.24. The minimum Gasteiger partial charge on any atom is -0.240 e. The van der Waals surface area contributed by atoms with Crippen LogP contribution in [0.1, 0.15) is 91.7 Å². The van der Waals surface area contributed by atoms with Crippen LogP contribution in [0.2, 0.25) is 0 Å². The second-order valence-electron chi connectivity index (χ2n) is 14.7. The van der Waals surface area contributed by atoms with Gasteiger partial charge in [0.25, 0.3) is 0 Å². The molecule has 53 heavy (non-hydrogen) atoms. The van der Waals surface area contributed by atoms with Crippen LogP contribution in [0.4, 0.5) is 5.69 Å². The standard InChI is InChI=1S/C50H49N3/c1-37(51-52-53(38(2)40-15-6-3-7-16-40)47-33-27-42(28-34-47)41-17-8-4-9-18-41)39-23-29-45(30-24-39)50(35-12-5-13-36-50)46-31-25-44(26-32-46)49-22-14-20-43-19-10-11-21-48(43)49/h4,6,8-11,15-19,21-34,52H,2-3,5,7,12-14,20,35-36H2,1H3/b51-37+. The van der Waals surface area contributed by atoms with Gasteiger partial charge in [-0.15, -0.1) is 0 Å². The Bertz CT molecular complexity index is 2180. The van der Waals surface area contributed by atoms with Crippen LogP contribution in [0.25, 0.3) is 16.7 Å². The molecule has 264 valence electrons.